The third kappa shape index (κ3) is 5.89. The van der Waals surface area contributed by atoms with Gasteiger partial charge in [0.1, 0.15) is 0 Å². The molecule has 0 bridgehead atoms. The summed E-state index contributed by atoms with van der Waals surface area (Å²) >= 11 is 1.90. The molecule has 0 fully saturated rings. The second-order valence-corrected chi connectivity index (χ2v) is 6.27. The number of thioether (sulfide) groups is 1. The number of hydrogen-bond donors (Lipinski definition) is 1. The molecule has 0 saturated heterocycles. The molecule has 0 radical (unpaired) electrons. The van der Waals surface area contributed by atoms with Gasteiger partial charge >= 0.3 is 0 Å². The minimum absolute atomic E-state index is 0.582. The predicted octanol–water partition coefficient (Wildman–Crippen LogP) is 2.87. The fourth-order valence-electron chi connectivity index (χ4n) is 1.94. The molecule has 0 aliphatic heterocycles. The summed E-state index contributed by atoms with van der Waals surface area (Å²) in [6.07, 6.45) is 1.12. The fraction of sp³-hybridized carbons (Fsp3) is 0.600. The van der Waals surface area contributed by atoms with Gasteiger partial charge in [0.15, 0.2) is 0 Å². The molecule has 0 spiro atoms. The number of likely N-dealkylation sites (N-methyl/N-ethyl adjacent to an activating group) is 1. The molecule has 0 aliphatic rings. The maximum absolute atomic E-state index is 5.64. The maximum atomic E-state index is 5.64. The SMILES string of the molecule is CCSc1ccc(CCN(C)CC(C)CN)cc1. The van der Waals surface area contributed by atoms with E-state index in [1.807, 2.05) is 11.8 Å². The molecule has 0 aliphatic carbocycles. The van der Waals surface area contributed by atoms with Gasteiger partial charge in [-0.1, -0.05) is 26.0 Å². The van der Waals surface area contributed by atoms with Crippen molar-refractivity contribution in [3.05, 3.63) is 29.8 Å². The second-order valence-electron chi connectivity index (χ2n) is 4.93. The molecular weight excluding hydrogens is 240 g/mol. The summed E-state index contributed by atoms with van der Waals surface area (Å²) in [5.74, 6) is 1.72. The molecule has 1 unspecified atom stereocenters. The first-order chi connectivity index (χ1) is 8.65. The third-order valence-corrected chi connectivity index (χ3v) is 3.94. The van der Waals surface area contributed by atoms with Gasteiger partial charge in [-0.15, -0.1) is 11.8 Å². The topological polar surface area (TPSA) is 29.3 Å². The van der Waals surface area contributed by atoms with E-state index in [-0.39, 0.29) is 0 Å². The van der Waals surface area contributed by atoms with Gasteiger partial charge < -0.3 is 10.6 Å². The zero-order valence-electron chi connectivity index (χ0n) is 11.9. The molecule has 1 rings (SSSR count). The summed E-state index contributed by atoms with van der Waals surface area (Å²) in [7, 11) is 2.17. The van der Waals surface area contributed by atoms with Crippen LogP contribution in [0.4, 0.5) is 0 Å². The van der Waals surface area contributed by atoms with Crippen LogP contribution in [0, 0.1) is 5.92 Å². The minimum Gasteiger partial charge on any atom is -0.330 e. The Morgan fingerprint density at radius 3 is 2.50 bits per heavy atom. The third-order valence-electron chi connectivity index (χ3n) is 3.04. The molecule has 2 nitrogen and oxygen atoms in total. The highest BCUT2D eigenvalue weighted by Crippen LogP contribution is 2.17. The van der Waals surface area contributed by atoms with E-state index in [4.69, 9.17) is 5.73 Å². The fourth-order valence-corrected chi connectivity index (χ4v) is 2.60. The molecule has 1 atom stereocenters. The summed E-state index contributed by atoms with van der Waals surface area (Å²) in [5.41, 5.74) is 7.06. The summed E-state index contributed by atoms with van der Waals surface area (Å²) in [6.45, 7) is 7.34. The van der Waals surface area contributed by atoms with Crippen molar-refractivity contribution in [1.82, 2.24) is 4.90 Å². The van der Waals surface area contributed by atoms with Crippen LogP contribution in [0.15, 0.2) is 29.2 Å². The molecule has 18 heavy (non-hydrogen) atoms. The molecule has 0 amide bonds. The Morgan fingerprint density at radius 1 is 1.28 bits per heavy atom. The number of nitrogens with zero attached hydrogens (tertiary/aromatic N) is 1. The van der Waals surface area contributed by atoms with Gasteiger partial charge in [0, 0.05) is 18.0 Å². The summed E-state index contributed by atoms with van der Waals surface area (Å²) in [5, 5.41) is 0. The molecule has 2 N–H and O–H groups in total. The van der Waals surface area contributed by atoms with Gasteiger partial charge in [-0.05, 0) is 49.4 Å². The Kier molecular flexibility index (Phi) is 7.40. The maximum Gasteiger partial charge on any atom is 0.00720 e. The van der Waals surface area contributed by atoms with Crippen molar-refractivity contribution < 1.29 is 0 Å². The predicted molar refractivity (Wildman–Crippen MR) is 82.3 cm³/mol. The average Bonchev–Trinajstić information content (AvgIpc) is 2.38. The van der Waals surface area contributed by atoms with Crippen molar-refractivity contribution in [2.24, 2.45) is 11.7 Å². The summed E-state index contributed by atoms with van der Waals surface area (Å²) in [4.78, 5) is 3.73. The van der Waals surface area contributed by atoms with Gasteiger partial charge in [-0.2, -0.15) is 0 Å². The lowest BCUT2D eigenvalue weighted by Gasteiger charge is -2.20. The first-order valence-electron chi connectivity index (χ1n) is 6.76. The van der Waals surface area contributed by atoms with Gasteiger partial charge in [-0.3, -0.25) is 0 Å². The van der Waals surface area contributed by atoms with E-state index in [0.29, 0.717) is 5.92 Å². The van der Waals surface area contributed by atoms with Gasteiger partial charge in [-0.25, -0.2) is 0 Å². The number of hydrogen-bond acceptors (Lipinski definition) is 3. The Hall–Kier alpha value is -0.510. The van der Waals surface area contributed by atoms with Crippen LogP contribution in [0.3, 0.4) is 0 Å². The van der Waals surface area contributed by atoms with Crippen LogP contribution < -0.4 is 5.73 Å². The van der Waals surface area contributed by atoms with Crippen molar-refractivity contribution in [3.63, 3.8) is 0 Å². The van der Waals surface area contributed by atoms with Gasteiger partial charge in [0.25, 0.3) is 0 Å². The molecule has 1 aromatic rings. The van der Waals surface area contributed by atoms with Crippen molar-refractivity contribution in [3.8, 4) is 0 Å². The highest BCUT2D eigenvalue weighted by molar-refractivity contribution is 7.99. The monoisotopic (exact) mass is 266 g/mol. The van der Waals surface area contributed by atoms with Crippen molar-refractivity contribution in [2.45, 2.75) is 25.2 Å². The van der Waals surface area contributed by atoms with E-state index in [9.17, 15) is 0 Å². The number of rotatable bonds is 8. The minimum atomic E-state index is 0.582. The Balaban J connectivity index is 2.34. The number of benzene rings is 1. The van der Waals surface area contributed by atoms with Crippen molar-refractivity contribution in [1.29, 1.82) is 0 Å². The zero-order chi connectivity index (χ0) is 13.4. The Bertz CT molecular complexity index is 324. The lowest BCUT2D eigenvalue weighted by atomic mass is 10.1. The first-order valence-corrected chi connectivity index (χ1v) is 7.74. The quantitative estimate of drug-likeness (QED) is 0.734. The van der Waals surface area contributed by atoms with Crippen molar-refractivity contribution in [2.75, 3.05) is 32.4 Å². The van der Waals surface area contributed by atoms with Crippen LogP contribution in [0.25, 0.3) is 0 Å². The molecule has 0 saturated carbocycles. The molecule has 0 heterocycles. The van der Waals surface area contributed by atoms with Crippen molar-refractivity contribution >= 4 is 11.8 Å². The second kappa shape index (κ2) is 8.57. The summed E-state index contributed by atoms with van der Waals surface area (Å²) < 4.78 is 0. The molecular formula is C15H26N2S. The van der Waals surface area contributed by atoms with E-state index in [1.54, 1.807) is 0 Å². The van der Waals surface area contributed by atoms with E-state index >= 15 is 0 Å². The van der Waals surface area contributed by atoms with Gasteiger partial charge in [0.05, 0.1) is 0 Å². The Labute approximate surface area is 116 Å². The van der Waals surface area contributed by atoms with E-state index < -0.39 is 0 Å². The largest absolute Gasteiger partial charge is 0.330 e. The molecule has 0 aromatic heterocycles. The highest BCUT2D eigenvalue weighted by atomic mass is 32.2. The summed E-state index contributed by atoms with van der Waals surface area (Å²) in [6, 6.07) is 8.95. The zero-order valence-corrected chi connectivity index (χ0v) is 12.7. The molecule has 1 aromatic carbocycles. The van der Waals surface area contributed by atoms with Crippen LogP contribution >= 0.6 is 11.8 Å². The highest BCUT2D eigenvalue weighted by Gasteiger charge is 2.04. The normalized spacial score (nSPS) is 12.9. The van der Waals surface area contributed by atoms with Crippen LogP contribution in [0.5, 0.6) is 0 Å². The first kappa shape index (κ1) is 15.5. The standard InChI is InChI=1S/C15H26N2S/c1-4-18-15-7-5-14(6-8-15)9-10-17(3)12-13(2)11-16/h5-8,13H,4,9-12,16H2,1-3H3. The van der Waals surface area contributed by atoms with Gasteiger partial charge in [0.2, 0.25) is 0 Å². The van der Waals surface area contributed by atoms with E-state index in [1.165, 1.54) is 10.5 Å². The van der Waals surface area contributed by atoms with Crippen LogP contribution in [0.1, 0.15) is 19.4 Å². The van der Waals surface area contributed by atoms with Crippen LogP contribution in [-0.4, -0.2) is 37.3 Å². The van der Waals surface area contributed by atoms with Crippen LogP contribution in [-0.2, 0) is 6.42 Å². The average molecular weight is 266 g/mol. The molecule has 3 heteroatoms. The van der Waals surface area contributed by atoms with Crippen LogP contribution in [0.2, 0.25) is 0 Å². The van der Waals surface area contributed by atoms with E-state index in [0.717, 1.165) is 31.8 Å². The lowest BCUT2D eigenvalue weighted by molar-refractivity contribution is 0.292. The number of nitrogens with two attached hydrogens (primary N) is 1. The van der Waals surface area contributed by atoms with E-state index in [2.05, 4.69) is 50.1 Å². The smallest absolute Gasteiger partial charge is 0.00720 e. The molecule has 102 valence electrons. The Morgan fingerprint density at radius 2 is 1.94 bits per heavy atom. The lowest BCUT2D eigenvalue weighted by Crippen LogP contribution is -2.29.